The van der Waals surface area contributed by atoms with Crippen LogP contribution >= 0.6 is 0 Å². The number of hydrogen-bond donors (Lipinski definition) is 0. The lowest BCUT2D eigenvalue weighted by Gasteiger charge is -2.18. The van der Waals surface area contributed by atoms with Crippen molar-refractivity contribution in [2.75, 3.05) is 13.2 Å². The Morgan fingerprint density at radius 2 is 0.465 bits per heavy atom. The number of carbonyl (C=O) groups excluding carboxylic acids is 3. The molecule has 0 fully saturated rings. The minimum atomic E-state index is -0.763. The Morgan fingerprint density at radius 3 is 0.704 bits per heavy atom. The van der Waals surface area contributed by atoms with Crippen LogP contribution in [0.15, 0.2) is 12.2 Å². The SMILES string of the molecule is CCCCCCCCCC/C=C\CCCCCCCCCCCCCCCCCC(=O)OCC(COC(=O)CCCCCCCCCCCCCC)OC(=O)CCCCCCCCCCCCCCCC. The third-order valence-corrected chi connectivity index (χ3v) is 14.8. The van der Waals surface area contributed by atoms with Crippen molar-refractivity contribution in [3.05, 3.63) is 12.2 Å². The van der Waals surface area contributed by atoms with Gasteiger partial charge in [-0.25, -0.2) is 0 Å². The Labute approximate surface area is 443 Å². The summed E-state index contributed by atoms with van der Waals surface area (Å²) in [6.45, 7) is 6.70. The van der Waals surface area contributed by atoms with Gasteiger partial charge in [0, 0.05) is 19.3 Å². The molecule has 0 N–H and O–H groups in total. The molecule has 1 unspecified atom stereocenters. The number of unbranched alkanes of at least 4 members (excludes halogenated alkanes) is 47. The number of allylic oxidation sites excluding steroid dienone is 2. The zero-order chi connectivity index (χ0) is 51.4. The molecule has 0 aliphatic rings. The second kappa shape index (κ2) is 60.7. The fourth-order valence-electron chi connectivity index (χ4n) is 9.91. The minimum Gasteiger partial charge on any atom is -0.462 e. The van der Waals surface area contributed by atoms with Crippen molar-refractivity contribution < 1.29 is 28.6 Å². The summed E-state index contributed by atoms with van der Waals surface area (Å²) in [5, 5.41) is 0. The molecule has 6 nitrogen and oxygen atoms in total. The van der Waals surface area contributed by atoms with E-state index in [4.69, 9.17) is 14.2 Å². The quantitative estimate of drug-likeness (QED) is 0.0261. The summed E-state index contributed by atoms with van der Waals surface area (Å²) in [5.41, 5.74) is 0. The molecule has 0 aromatic rings. The molecule has 0 radical (unpaired) electrons. The summed E-state index contributed by atoms with van der Waals surface area (Å²) in [4.78, 5) is 38.2. The van der Waals surface area contributed by atoms with Gasteiger partial charge in [0.25, 0.3) is 0 Å². The summed E-state index contributed by atoms with van der Waals surface area (Å²) < 4.78 is 16.9. The van der Waals surface area contributed by atoms with Crippen LogP contribution in [-0.2, 0) is 28.6 Å². The highest BCUT2D eigenvalue weighted by Crippen LogP contribution is 2.18. The van der Waals surface area contributed by atoms with Gasteiger partial charge in [-0.15, -0.1) is 0 Å². The lowest BCUT2D eigenvalue weighted by atomic mass is 10.0. The van der Waals surface area contributed by atoms with Gasteiger partial charge in [-0.3, -0.25) is 14.4 Å². The van der Waals surface area contributed by atoms with E-state index in [1.54, 1.807) is 0 Å². The van der Waals surface area contributed by atoms with Gasteiger partial charge >= 0.3 is 17.9 Å². The average molecular weight is 1000 g/mol. The zero-order valence-electron chi connectivity index (χ0n) is 48.3. The predicted octanol–water partition coefficient (Wildman–Crippen LogP) is 21.7. The van der Waals surface area contributed by atoms with E-state index in [1.165, 1.54) is 270 Å². The molecule has 0 aliphatic heterocycles. The van der Waals surface area contributed by atoms with Gasteiger partial charge < -0.3 is 14.2 Å². The fraction of sp³-hybridized carbons (Fsp3) is 0.923. The van der Waals surface area contributed by atoms with E-state index in [0.717, 1.165) is 57.8 Å². The Kier molecular flexibility index (Phi) is 59.1. The molecule has 1 atom stereocenters. The normalized spacial score (nSPS) is 12.0. The molecule has 0 saturated heterocycles. The number of carbonyl (C=O) groups is 3. The molecular formula is C65H124O6. The molecule has 0 aliphatic carbocycles. The number of esters is 3. The van der Waals surface area contributed by atoms with Gasteiger partial charge in [0.05, 0.1) is 0 Å². The first kappa shape index (κ1) is 69.2. The molecule has 0 heterocycles. The molecule has 0 amide bonds. The van der Waals surface area contributed by atoms with Gasteiger partial charge in [0.1, 0.15) is 13.2 Å². The van der Waals surface area contributed by atoms with E-state index < -0.39 is 6.10 Å². The Bertz CT molecular complexity index is 1100. The highest BCUT2D eigenvalue weighted by atomic mass is 16.6. The topological polar surface area (TPSA) is 78.9 Å². The summed E-state index contributed by atoms with van der Waals surface area (Å²) in [7, 11) is 0. The van der Waals surface area contributed by atoms with Crippen molar-refractivity contribution in [2.24, 2.45) is 0 Å². The first-order chi connectivity index (χ1) is 35.0. The molecule has 420 valence electrons. The number of hydrogen-bond acceptors (Lipinski definition) is 6. The number of rotatable bonds is 60. The molecule has 6 heteroatoms. The Balaban J connectivity index is 4.14. The smallest absolute Gasteiger partial charge is 0.306 e. The van der Waals surface area contributed by atoms with E-state index in [2.05, 4.69) is 32.9 Å². The Morgan fingerprint density at radius 1 is 0.268 bits per heavy atom. The highest BCUT2D eigenvalue weighted by molar-refractivity contribution is 5.71. The van der Waals surface area contributed by atoms with Crippen LogP contribution < -0.4 is 0 Å². The first-order valence-corrected chi connectivity index (χ1v) is 32.2. The summed E-state index contributed by atoms with van der Waals surface area (Å²) in [5.74, 6) is -0.834. The maximum atomic E-state index is 12.9. The van der Waals surface area contributed by atoms with Crippen LogP contribution in [0.5, 0.6) is 0 Å². The third kappa shape index (κ3) is 58.9. The fourth-order valence-corrected chi connectivity index (χ4v) is 9.91. The average Bonchev–Trinajstić information content (AvgIpc) is 3.37. The van der Waals surface area contributed by atoms with Gasteiger partial charge in [0.2, 0.25) is 0 Å². The maximum Gasteiger partial charge on any atom is 0.306 e. The maximum absolute atomic E-state index is 12.9. The summed E-state index contributed by atoms with van der Waals surface area (Å²) in [6, 6.07) is 0. The van der Waals surface area contributed by atoms with Crippen molar-refractivity contribution in [3.8, 4) is 0 Å². The molecule has 0 bridgehead atoms. The van der Waals surface area contributed by atoms with E-state index >= 15 is 0 Å². The summed E-state index contributed by atoms with van der Waals surface area (Å²) in [6.07, 6.45) is 70.9. The first-order valence-electron chi connectivity index (χ1n) is 32.2. The third-order valence-electron chi connectivity index (χ3n) is 14.8. The van der Waals surface area contributed by atoms with Crippen LogP contribution in [-0.4, -0.2) is 37.2 Å². The second-order valence-electron chi connectivity index (χ2n) is 22.0. The van der Waals surface area contributed by atoms with Gasteiger partial charge in [-0.05, 0) is 44.9 Å². The number of ether oxygens (including phenoxy) is 3. The van der Waals surface area contributed by atoms with Crippen molar-refractivity contribution in [2.45, 2.75) is 374 Å². The molecule has 0 rings (SSSR count). The molecule has 0 aromatic carbocycles. The lowest BCUT2D eigenvalue weighted by molar-refractivity contribution is -0.167. The second-order valence-corrected chi connectivity index (χ2v) is 22.0. The molecule has 0 aromatic heterocycles. The van der Waals surface area contributed by atoms with E-state index in [9.17, 15) is 14.4 Å². The van der Waals surface area contributed by atoms with Crippen LogP contribution in [0.1, 0.15) is 367 Å². The van der Waals surface area contributed by atoms with Crippen LogP contribution in [0, 0.1) is 0 Å². The predicted molar refractivity (Wildman–Crippen MR) is 307 cm³/mol. The van der Waals surface area contributed by atoms with E-state index in [0.29, 0.717) is 19.3 Å². The minimum absolute atomic E-state index is 0.0629. The molecule has 71 heavy (non-hydrogen) atoms. The monoisotopic (exact) mass is 1000 g/mol. The van der Waals surface area contributed by atoms with Gasteiger partial charge in [-0.2, -0.15) is 0 Å². The molecule has 0 saturated carbocycles. The van der Waals surface area contributed by atoms with Crippen LogP contribution in [0.2, 0.25) is 0 Å². The van der Waals surface area contributed by atoms with Crippen LogP contribution in [0.25, 0.3) is 0 Å². The van der Waals surface area contributed by atoms with E-state index in [1.807, 2.05) is 0 Å². The van der Waals surface area contributed by atoms with Gasteiger partial charge in [0.15, 0.2) is 6.10 Å². The standard InChI is InChI=1S/C65H124O6/c1-4-7-10-13-16-19-22-25-27-28-29-30-31-32-33-34-35-36-37-38-39-41-43-46-49-52-55-58-64(67)70-61-62(60-69-63(66)57-54-51-48-45-42-24-21-18-15-12-9-6-3)71-65(68)59-56-53-50-47-44-40-26-23-20-17-14-11-8-5-2/h28-29,62H,4-27,30-61H2,1-3H3/b29-28-. The lowest BCUT2D eigenvalue weighted by Crippen LogP contribution is -2.30. The largest absolute Gasteiger partial charge is 0.462 e. The molecule has 0 spiro atoms. The van der Waals surface area contributed by atoms with Crippen molar-refractivity contribution >= 4 is 17.9 Å². The Hall–Kier alpha value is -1.85. The van der Waals surface area contributed by atoms with Crippen molar-refractivity contribution in [1.29, 1.82) is 0 Å². The van der Waals surface area contributed by atoms with Crippen molar-refractivity contribution in [3.63, 3.8) is 0 Å². The zero-order valence-corrected chi connectivity index (χ0v) is 48.3. The van der Waals surface area contributed by atoms with Gasteiger partial charge in [-0.1, -0.05) is 315 Å². The van der Waals surface area contributed by atoms with E-state index in [-0.39, 0.29) is 31.1 Å². The summed E-state index contributed by atoms with van der Waals surface area (Å²) >= 11 is 0. The highest BCUT2D eigenvalue weighted by Gasteiger charge is 2.19. The van der Waals surface area contributed by atoms with Crippen molar-refractivity contribution in [1.82, 2.24) is 0 Å². The molecular weight excluding hydrogens is 877 g/mol. The van der Waals surface area contributed by atoms with Crippen LogP contribution in [0.4, 0.5) is 0 Å². The van der Waals surface area contributed by atoms with Crippen LogP contribution in [0.3, 0.4) is 0 Å².